The molecule has 0 radical (unpaired) electrons. The molecule has 0 heterocycles. The number of hydrogen-bond donors (Lipinski definition) is 4. The van der Waals surface area contributed by atoms with E-state index in [1.165, 1.54) is 0 Å². The summed E-state index contributed by atoms with van der Waals surface area (Å²) in [6.07, 6.45) is 1.68. The third-order valence-corrected chi connectivity index (χ3v) is 2.86. The predicted octanol–water partition coefficient (Wildman–Crippen LogP) is 1.25. The van der Waals surface area contributed by atoms with E-state index in [4.69, 9.17) is 10.8 Å². The Balaban J connectivity index is 1.96. The van der Waals surface area contributed by atoms with Crippen LogP contribution in [0.3, 0.4) is 0 Å². The molecule has 0 bridgehead atoms. The van der Waals surface area contributed by atoms with Gasteiger partial charge in [-0.05, 0) is 30.9 Å². The minimum atomic E-state index is -1.01. The molecule has 6 heteroatoms. The average molecular weight is 249 g/mol. The summed E-state index contributed by atoms with van der Waals surface area (Å²) < 4.78 is 0. The lowest BCUT2D eigenvalue weighted by atomic mass is 10.2. The highest BCUT2D eigenvalue weighted by Gasteiger charge is 2.37. The number of rotatable bonds is 4. The highest BCUT2D eigenvalue weighted by atomic mass is 16.4. The number of carboxylic acid groups (broad SMARTS) is 1. The molecule has 1 aromatic carbocycles. The number of amides is 2. The van der Waals surface area contributed by atoms with Crippen LogP contribution in [0.25, 0.3) is 0 Å². The van der Waals surface area contributed by atoms with Crippen LogP contribution < -0.4 is 16.4 Å². The molecule has 1 atom stereocenters. The Morgan fingerprint density at radius 1 is 1.33 bits per heavy atom. The Kier molecular flexibility index (Phi) is 3.36. The van der Waals surface area contributed by atoms with Crippen molar-refractivity contribution in [1.29, 1.82) is 0 Å². The van der Waals surface area contributed by atoms with Crippen LogP contribution in [-0.4, -0.2) is 23.1 Å². The number of anilines is 2. The van der Waals surface area contributed by atoms with Gasteiger partial charge in [-0.2, -0.15) is 0 Å². The number of para-hydroxylation sites is 2. The molecule has 2 amide bonds. The Morgan fingerprint density at radius 2 is 2.00 bits per heavy atom. The van der Waals surface area contributed by atoms with Crippen molar-refractivity contribution < 1.29 is 14.7 Å². The maximum Gasteiger partial charge on any atom is 0.326 e. The second-order valence-corrected chi connectivity index (χ2v) is 4.34. The maximum atomic E-state index is 11.7. The van der Waals surface area contributed by atoms with Crippen LogP contribution in [0, 0.1) is 5.92 Å². The van der Waals surface area contributed by atoms with E-state index in [-0.39, 0.29) is 5.92 Å². The Bertz CT molecular complexity index is 471. The van der Waals surface area contributed by atoms with Gasteiger partial charge < -0.3 is 21.5 Å². The van der Waals surface area contributed by atoms with E-state index < -0.39 is 18.0 Å². The first kappa shape index (κ1) is 12.2. The van der Waals surface area contributed by atoms with E-state index >= 15 is 0 Å². The molecule has 18 heavy (non-hydrogen) atoms. The lowest BCUT2D eigenvalue weighted by molar-refractivity contribution is -0.139. The molecular formula is C12H15N3O3. The fourth-order valence-corrected chi connectivity index (χ4v) is 1.72. The molecule has 6 nitrogen and oxygen atoms in total. The molecule has 1 aromatic rings. The first-order valence-corrected chi connectivity index (χ1v) is 5.73. The second-order valence-electron chi connectivity index (χ2n) is 4.34. The zero-order chi connectivity index (χ0) is 13.1. The van der Waals surface area contributed by atoms with E-state index in [1.807, 2.05) is 0 Å². The predicted molar refractivity (Wildman–Crippen MR) is 67.2 cm³/mol. The standard InChI is InChI=1S/C12H15N3O3/c13-8-3-1-2-4-9(8)14-12(18)15-10(11(16)17)7-5-6-7/h1-4,7,10H,5-6,13H2,(H,16,17)(H2,14,15,18). The van der Waals surface area contributed by atoms with Crippen LogP contribution in [-0.2, 0) is 4.79 Å². The smallest absolute Gasteiger partial charge is 0.326 e. The molecule has 96 valence electrons. The van der Waals surface area contributed by atoms with Crippen molar-refractivity contribution in [2.24, 2.45) is 5.92 Å². The van der Waals surface area contributed by atoms with Crippen LogP contribution in [0.1, 0.15) is 12.8 Å². The molecule has 0 spiro atoms. The fourth-order valence-electron chi connectivity index (χ4n) is 1.72. The van der Waals surface area contributed by atoms with Crippen LogP contribution in [0.2, 0.25) is 0 Å². The Morgan fingerprint density at radius 3 is 2.56 bits per heavy atom. The molecule has 1 unspecified atom stereocenters. The number of benzene rings is 1. The van der Waals surface area contributed by atoms with Gasteiger partial charge >= 0.3 is 12.0 Å². The molecule has 0 aliphatic heterocycles. The summed E-state index contributed by atoms with van der Waals surface area (Å²) in [5.41, 5.74) is 6.58. The molecule has 1 aliphatic carbocycles. The highest BCUT2D eigenvalue weighted by Crippen LogP contribution is 2.32. The summed E-state index contributed by atoms with van der Waals surface area (Å²) in [6.45, 7) is 0. The molecule has 0 saturated heterocycles. The van der Waals surface area contributed by atoms with Crippen LogP contribution in [0.5, 0.6) is 0 Å². The van der Waals surface area contributed by atoms with Crippen molar-refractivity contribution in [1.82, 2.24) is 5.32 Å². The van der Waals surface area contributed by atoms with Gasteiger partial charge in [-0.15, -0.1) is 0 Å². The molecule has 1 aliphatic rings. The van der Waals surface area contributed by atoms with Crippen LogP contribution in [0.15, 0.2) is 24.3 Å². The minimum Gasteiger partial charge on any atom is -0.480 e. The number of nitrogen functional groups attached to an aromatic ring is 1. The lowest BCUT2D eigenvalue weighted by Gasteiger charge is -2.15. The Hall–Kier alpha value is -2.24. The zero-order valence-electron chi connectivity index (χ0n) is 9.72. The average Bonchev–Trinajstić information content (AvgIpc) is 3.13. The van der Waals surface area contributed by atoms with Gasteiger partial charge in [0.05, 0.1) is 11.4 Å². The van der Waals surface area contributed by atoms with E-state index in [2.05, 4.69) is 10.6 Å². The molecule has 5 N–H and O–H groups in total. The van der Waals surface area contributed by atoms with Gasteiger partial charge in [0.25, 0.3) is 0 Å². The number of aliphatic carboxylic acids is 1. The largest absolute Gasteiger partial charge is 0.480 e. The van der Waals surface area contributed by atoms with Crippen molar-refractivity contribution in [2.45, 2.75) is 18.9 Å². The van der Waals surface area contributed by atoms with Gasteiger partial charge in [0.1, 0.15) is 6.04 Å². The normalized spacial score (nSPS) is 15.8. The highest BCUT2D eigenvalue weighted by molar-refractivity contribution is 5.94. The quantitative estimate of drug-likeness (QED) is 0.603. The monoisotopic (exact) mass is 249 g/mol. The van der Waals surface area contributed by atoms with Gasteiger partial charge in [-0.1, -0.05) is 12.1 Å². The van der Waals surface area contributed by atoms with Crippen molar-refractivity contribution in [3.8, 4) is 0 Å². The molecular weight excluding hydrogens is 234 g/mol. The summed E-state index contributed by atoms with van der Waals surface area (Å²) in [6, 6.07) is 5.43. The van der Waals surface area contributed by atoms with Crippen LogP contribution >= 0.6 is 0 Å². The number of carboxylic acids is 1. The van der Waals surface area contributed by atoms with Gasteiger partial charge in [-0.25, -0.2) is 9.59 Å². The van der Waals surface area contributed by atoms with Gasteiger partial charge in [0, 0.05) is 0 Å². The number of hydrogen-bond acceptors (Lipinski definition) is 3. The van der Waals surface area contributed by atoms with Crippen molar-refractivity contribution in [2.75, 3.05) is 11.1 Å². The number of carbonyl (C=O) groups excluding carboxylic acids is 1. The molecule has 0 aromatic heterocycles. The third kappa shape index (κ3) is 2.91. The number of urea groups is 1. The van der Waals surface area contributed by atoms with E-state index in [9.17, 15) is 9.59 Å². The van der Waals surface area contributed by atoms with Crippen molar-refractivity contribution in [3.05, 3.63) is 24.3 Å². The van der Waals surface area contributed by atoms with E-state index in [0.717, 1.165) is 12.8 Å². The third-order valence-electron chi connectivity index (χ3n) is 2.86. The molecule has 1 fully saturated rings. The second kappa shape index (κ2) is 4.95. The summed E-state index contributed by atoms with van der Waals surface area (Å²) in [4.78, 5) is 22.6. The maximum absolute atomic E-state index is 11.7. The van der Waals surface area contributed by atoms with Gasteiger partial charge in [0.2, 0.25) is 0 Å². The molecule has 2 rings (SSSR count). The van der Waals surface area contributed by atoms with E-state index in [1.54, 1.807) is 24.3 Å². The number of nitrogens with one attached hydrogen (secondary N) is 2. The minimum absolute atomic E-state index is 0.0429. The van der Waals surface area contributed by atoms with E-state index in [0.29, 0.717) is 11.4 Å². The SMILES string of the molecule is Nc1ccccc1NC(=O)NC(C(=O)O)C1CC1. The summed E-state index contributed by atoms with van der Waals surface area (Å²) >= 11 is 0. The summed E-state index contributed by atoms with van der Waals surface area (Å²) in [5, 5.41) is 14.0. The number of carbonyl (C=O) groups is 2. The van der Waals surface area contributed by atoms with Crippen molar-refractivity contribution >= 4 is 23.4 Å². The Labute approximate surface area is 104 Å². The first-order valence-electron chi connectivity index (χ1n) is 5.73. The van der Waals surface area contributed by atoms with Gasteiger partial charge in [-0.3, -0.25) is 0 Å². The van der Waals surface area contributed by atoms with Gasteiger partial charge in [0.15, 0.2) is 0 Å². The van der Waals surface area contributed by atoms with Crippen LogP contribution in [0.4, 0.5) is 16.2 Å². The van der Waals surface area contributed by atoms with Crippen molar-refractivity contribution in [3.63, 3.8) is 0 Å². The zero-order valence-corrected chi connectivity index (χ0v) is 9.72. The number of nitrogens with two attached hydrogens (primary N) is 1. The summed E-state index contributed by atoms with van der Waals surface area (Å²) in [7, 11) is 0. The fraction of sp³-hybridized carbons (Fsp3) is 0.333. The first-order chi connectivity index (χ1) is 8.58. The molecule has 1 saturated carbocycles. The summed E-state index contributed by atoms with van der Waals surface area (Å²) in [5.74, 6) is -0.963. The lowest BCUT2D eigenvalue weighted by Crippen LogP contribution is -2.44. The topological polar surface area (TPSA) is 104 Å².